The van der Waals surface area contributed by atoms with E-state index in [1.807, 2.05) is 11.0 Å². The molecular formula is C23H28N2O4. The minimum absolute atomic E-state index is 0.0700. The number of furan rings is 1. The number of fused-ring (bicyclic) bond motifs is 1. The fourth-order valence-electron chi connectivity index (χ4n) is 4.87. The fraction of sp³-hybridized carbons (Fsp3) is 0.522. The minimum Gasteiger partial charge on any atom is -0.467 e. The molecule has 0 bridgehead atoms. The highest BCUT2D eigenvalue weighted by atomic mass is 16.7. The molecule has 4 heterocycles. The molecule has 1 aromatic heterocycles. The van der Waals surface area contributed by atoms with Crippen LogP contribution in [0, 0.1) is 5.92 Å². The number of carbonyl (C=O) groups excluding carboxylic acids is 1. The first-order chi connectivity index (χ1) is 14.2. The normalized spacial score (nSPS) is 23.0. The summed E-state index contributed by atoms with van der Waals surface area (Å²) in [5, 5.41) is 0. The van der Waals surface area contributed by atoms with E-state index in [9.17, 15) is 4.79 Å². The second-order valence-corrected chi connectivity index (χ2v) is 8.31. The van der Waals surface area contributed by atoms with Gasteiger partial charge >= 0.3 is 0 Å². The Hall–Kier alpha value is -2.31. The smallest absolute Gasteiger partial charge is 0.257 e. The van der Waals surface area contributed by atoms with Crippen LogP contribution in [0.25, 0.3) is 0 Å². The lowest BCUT2D eigenvalue weighted by molar-refractivity contribution is -0.0956. The zero-order valence-electron chi connectivity index (χ0n) is 16.9. The molecule has 154 valence electrons. The summed E-state index contributed by atoms with van der Waals surface area (Å²) in [6.07, 6.45) is 4.41. The largest absolute Gasteiger partial charge is 0.467 e. The molecule has 29 heavy (non-hydrogen) atoms. The Morgan fingerprint density at radius 2 is 1.86 bits per heavy atom. The van der Waals surface area contributed by atoms with Crippen LogP contribution in [0.2, 0.25) is 0 Å². The number of benzene rings is 1. The van der Waals surface area contributed by atoms with Crippen molar-refractivity contribution in [2.75, 3.05) is 31.2 Å². The number of rotatable bonds is 4. The molecule has 1 unspecified atom stereocenters. The van der Waals surface area contributed by atoms with Crippen LogP contribution in [0.1, 0.15) is 41.4 Å². The Morgan fingerprint density at radius 1 is 1.10 bits per heavy atom. The Morgan fingerprint density at radius 3 is 2.66 bits per heavy atom. The van der Waals surface area contributed by atoms with Crippen molar-refractivity contribution in [3.8, 4) is 0 Å². The van der Waals surface area contributed by atoms with E-state index in [1.165, 1.54) is 11.3 Å². The van der Waals surface area contributed by atoms with Crippen LogP contribution in [0.4, 0.5) is 5.69 Å². The second-order valence-electron chi connectivity index (χ2n) is 8.31. The Kier molecular flexibility index (Phi) is 5.06. The van der Waals surface area contributed by atoms with Crippen molar-refractivity contribution in [1.29, 1.82) is 0 Å². The molecule has 0 radical (unpaired) electrons. The van der Waals surface area contributed by atoms with Gasteiger partial charge in [0.05, 0.1) is 31.6 Å². The van der Waals surface area contributed by atoms with Crippen LogP contribution < -0.4 is 4.90 Å². The van der Waals surface area contributed by atoms with Gasteiger partial charge in [-0.1, -0.05) is 18.2 Å². The van der Waals surface area contributed by atoms with Crippen LogP contribution in [-0.2, 0) is 22.4 Å². The summed E-state index contributed by atoms with van der Waals surface area (Å²) in [5.41, 5.74) is 3.29. The molecule has 1 aromatic carbocycles. The third kappa shape index (κ3) is 3.55. The zero-order valence-corrected chi connectivity index (χ0v) is 16.9. The van der Waals surface area contributed by atoms with E-state index in [1.54, 1.807) is 6.26 Å². The highest BCUT2D eigenvalue weighted by molar-refractivity contribution is 5.95. The monoisotopic (exact) mass is 396 g/mol. The number of para-hydroxylation sites is 1. The van der Waals surface area contributed by atoms with Crippen LogP contribution in [0.5, 0.6) is 0 Å². The highest BCUT2D eigenvalue weighted by Crippen LogP contribution is 2.34. The maximum Gasteiger partial charge on any atom is 0.257 e. The van der Waals surface area contributed by atoms with Crippen molar-refractivity contribution in [2.45, 2.75) is 45.1 Å². The van der Waals surface area contributed by atoms with Gasteiger partial charge in [0.1, 0.15) is 5.76 Å². The third-order valence-electron chi connectivity index (χ3n) is 6.50. The van der Waals surface area contributed by atoms with Gasteiger partial charge < -0.3 is 23.7 Å². The SMILES string of the molecule is CC1Cc2ccccc2N1Cc1occc1C(=O)N1CCC(C2OCCO2)CC1. The number of hydrogen-bond acceptors (Lipinski definition) is 5. The van der Waals surface area contributed by atoms with Gasteiger partial charge in [-0.15, -0.1) is 0 Å². The van der Waals surface area contributed by atoms with Gasteiger partial charge in [-0.3, -0.25) is 4.79 Å². The number of nitrogens with zero attached hydrogens (tertiary/aromatic N) is 2. The van der Waals surface area contributed by atoms with Crippen molar-refractivity contribution < 1.29 is 18.7 Å². The molecule has 1 atom stereocenters. The van der Waals surface area contributed by atoms with Gasteiger partial charge in [-0.05, 0) is 43.9 Å². The molecule has 2 fully saturated rings. The predicted molar refractivity (Wildman–Crippen MR) is 109 cm³/mol. The fourth-order valence-corrected chi connectivity index (χ4v) is 4.87. The molecule has 6 heteroatoms. The summed E-state index contributed by atoms with van der Waals surface area (Å²) < 4.78 is 17.1. The summed E-state index contributed by atoms with van der Waals surface area (Å²) in [5.74, 6) is 1.20. The number of piperidine rings is 1. The first-order valence-corrected chi connectivity index (χ1v) is 10.6. The maximum absolute atomic E-state index is 13.2. The van der Waals surface area contributed by atoms with Gasteiger partial charge in [0.25, 0.3) is 5.91 Å². The third-order valence-corrected chi connectivity index (χ3v) is 6.50. The predicted octanol–water partition coefficient (Wildman–Crippen LogP) is 3.46. The minimum atomic E-state index is -0.0894. The number of likely N-dealkylation sites (tertiary alicyclic amines) is 1. The Balaban J connectivity index is 1.26. The maximum atomic E-state index is 13.2. The Bertz CT molecular complexity index is 865. The van der Waals surface area contributed by atoms with E-state index >= 15 is 0 Å². The topological polar surface area (TPSA) is 55.2 Å². The summed E-state index contributed by atoms with van der Waals surface area (Å²) >= 11 is 0. The van der Waals surface area contributed by atoms with Crippen LogP contribution in [0.3, 0.4) is 0 Å². The van der Waals surface area contributed by atoms with Crippen LogP contribution in [-0.4, -0.2) is 49.4 Å². The molecule has 6 nitrogen and oxygen atoms in total. The molecule has 2 aromatic rings. The van der Waals surface area contributed by atoms with Gasteiger partial charge in [-0.2, -0.15) is 0 Å². The van der Waals surface area contributed by atoms with Gasteiger partial charge in [0, 0.05) is 30.7 Å². The van der Waals surface area contributed by atoms with Crippen LogP contribution in [0.15, 0.2) is 41.0 Å². The molecule has 1 amide bonds. The first-order valence-electron chi connectivity index (χ1n) is 10.6. The summed E-state index contributed by atoms with van der Waals surface area (Å²) in [4.78, 5) is 17.5. The number of hydrogen-bond donors (Lipinski definition) is 0. The number of ether oxygens (including phenoxy) is 2. The Labute approximate surface area is 171 Å². The molecule has 0 spiro atoms. The molecule has 3 aliphatic heterocycles. The van der Waals surface area contributed by atoms with E-state index in [2.05, 4.69) is 36.1 Å². The van der Waals surface area contributed by atoms with Gasteiger partial charge in [-0.25, -0.2) is 0 Å². The van der Waals surface area contributed by atoms with Crippen molar-refractivity contribution >= 4 is 11.6 Å². The molecule has 0 saturated carbocycles. The van der Waals surface area contributed by atoms with Crippen molar-refractivity contribution in [2.24, 2.45) is 5.92 Å². The quantitative estimate of drug-likeness (QED) is 0.792. The molecule has 3 aliphatic rings. The zero-order chi connectivity index (χ0) is 19.8. The first kappa shape index (κ1) is 18.7. The lowest BCUT2D eigenvalue weighted by Gasteiger charge is -2.34. The lowest BCUT2D eigenvalue weighted by atomic mass is 9.95. The second kappa shape index (κ2) is 7.84. The molecule has 2 saturated heterocycles. The van der Waals surface area contributed by atoms with Crippen molar-refractivity contribution in [1.82, 2.24) is 4.90 Å². The van der Waals surface area contributed by atoms with Crippen LogP contribution >= 0.6 is 0 Å². The number of carbonyl (C=O) groups is 1. The van der Waals surface area contributed by atoms with E-state index in [0.29, 0.717) is 37.3 Å². The highest BCUT2D eigenvalue weighted by Gasteiger charge is 2.33. The average Bonchev–Trinajstić information content (AvgIpc) is 3.49. The van der Waals surface area contributed by atoms with Crippen molar-refractivity contribution in [3.63, 3.8) is 0 Å². The standard InChI is InChI=1S/C23H28N2O4/c1-16-14-18-4-2-3-5-20(18)25(16)15-21-19(8-11-27-21)22(26)24-9-6-17(7-10-24)23-28-12-13-29-23/h2-5,8,11,16-17,23H,6-7,9-10,12-15H2,1H3. The van der Waals surface area contributed by atoms with E-state index in [-0.39, 0.29) is 12.2 Å². The molecular weight excluding hydrogens is 368 g/mol. The van der Waals surface area contributed by atoms with E-state index in [0.717, 1.165) is 38.1 Å². The molecule has 0 aliphatic carbocycles. The lowest BCUT2D eigenvalue weighted by Crippen LogP contribution is -2.41. The number of anilines is 1. The summed E-state index contributed by atoms with van der Waals surface area (Å²) in [6.45, 7) is 5.68. The summed E-state index contributed by atoms with van der Waals surface area (Å²) in [7, 11) is 0. The van der Waals surface area contributed by atoms with E-state index in [4.69, 9.17) is 13.9 Å². The van der Waals surface area contributed by atoms with Crippen molar-refractivity contribution in [3.05, 3.63) is 53.5 Å². The van der Waals surface area contributed by atoms with Gasteiger partial charge in [0.2, 0.25) is 0 Å². The van der Waals surface area contributed by atoms with Gasteiger partial charge in [0.15, 0.2) is 6.29 Å². The van der Waals surface area contributed by atoms with E-state index < -0.39 is 0 Å². The molecule has 5 rings (SSSR count). The number of amides is 1. The average molecular weight is 396 g/mol. The summed E-state index contributed by atoms with van der Waals surface area (Å²) in [6, 6.07) is 10.7. The molecule has 0 N–H and O–H groups in total.